The average molecular weight is 375 g/mol. The van der Waals surface area contributed by atoms with E-state index in [4.69, 9.17) is 14.2 Å². The van der Waals surface area contributed by atoms with Gasteiger partial charge in [-0.05, 0) is 39.5 Å². The van der Waals surface area contributed by atoms with Gasteiger partial charge in [0.2, 0.25) is 0 Å². The van der Waals surface area contributed by atoms with Crippen LogP contribution in [0, 0.1) is 11.3 Å². The van der Waals surface area contributed by atoms with E-state index in [0.29, 0.717) is 11.9 Å². The molecule has 2 rings (SSSR count). The van der Waals surface area contributed by atoms with Gasteiger partial charge in [-0.15, -0.1) is 0 Å². The topological polar surface area (TPSA) is 44.8 Å². The summed E-state index contributed by atoms with van der Waals surface area (Å²) in [5, 5.41) is 0.657. The molecule has 5 heteroatoms. The standard InChI is InChI=1S/C17H27BrO4/c1-12(2)6-5-8-16(11-20-3)13-7-9-17(10-18,22-13)14(16)15(19)21-4/h6,13-14H,5,7-11H2,1-4H3/t13-,14-,16-,17-/m1/s1. The average Bonchev–Trinajstić information content (AvgIpc) is 3.02. The van der Waals surface area contributed by atoms with Crippen LogP contribution in [0.25, 0.3) is 0 Å². The lowest BCUT2D eigenvalue weighted by molar-refractivity contribution is -0.156. The Morgan fingerprint density at radius 2 is 2.14 bits per heavy atom. The second-order valence-electron chi connectivity index (χ2n) is 6.79. The van der Waals surface area contributed by atoms with E-state index < -0.39 is 5.60 Å². The van der Waals surface area contributed by atoms with E-state index in [2.05, 4.69) is 35.9 Å². The van der Waals surface area contributed by atoms with Crippen molar-refractivity contribution in [1.82, 2.24) is 0 Å². The van der Waals surface area contributed by atoms with E-state index in [-0.39, 0.29) is 23.4 Å². The SMILES string of the molecule is COC[C@]1(CCC=C(C)C)[C@H]2CC[C@](CBr)(O2)[C@@H]1C(=O)OC. The van der Waals surface area contributed by atoms with Crippen LogP contribution in [-0.2, 0) is 19.0 Å². The summed E-state index contributed by atoms with van der Waals surface area (Å²) in [5.41, 5.74) is 0.558. The van der Waals surface area contributed by atoms with Gasteiger partial charge in [-0.1, -0.05) is 27.6 Å². The molecule has 2 aliphatic heterocycles. The molecule has 2 bridgehead atoms. The number of carbonyl (C=O) groups excluding carboxylic acids is 1. The fraction of sp³-hybridized carbons (Fsp3) is 0.824. The predicted molar refractivity (Wildman–Crippen MR) is 89.1 cm³/mol. The van der Waals surface area contributed by atoms with Crippen LogP contribution in [0.5, 0.6) is 0 Å². The summed E-state index contributed by atoms with van der Waals surface area (Å²) >= 11 is 3.57. The van der Waals surface area contributed by atoms with Crippen molar-refractivity contribution < 1.29 is 19.0 Å². The van der Waals surface area contributed by atoms with Crippen LogP contribution in [0.15, 0.2) is 11.6 Å². The number of ether oxygens (including phenoxy) is 3. The molecule has 0 aliphatic carbocycles. The van der Waals surface area contributed by atoms with E-state index >= 15 is 0 Å². The molecule has 0 aromatic rings. The Bertz CT molecular complexity index is 446. The molecule has 4 atom stereocenters. The highest BCUT2D eigenvalue weighted by molar-refractivity contribution is 9.09. The van der Waals surface area contributed by atoms with Gasteiger partial charge in [0, 0.05) is 17.9 Å². The Kier molecular flexibility index (Phi) is 5.73. The smallest absolute Gasteiger partial charge is 0.312 e. The summed E-state index contributed by atoms with van der Waals surface area (Å²) < 4.78 is 17.0. The molecule has 0 unspecified atom stereocenters. The number of allylic oxidation sites excluding steroid dienone is 2. The zero-order valence-corrected chi connectivity index (χ0v) is 15.6. The van der Waals surface area contributed by atoms with Crippen LogP contribution in [0.4, 0.5) is 0 Å². The minimum atomic E-state index is -0.443. The molecule has 0 saturated carbocycles. The number of alkyl halides is 1. The third-order valence-corrected chi connectivity index (χ3v) is 6.14. The molecular formula is C17H27BrO4. The van der Waals surface area contributed by atoms with Gasteiger partial charge in [0.1, 0.15) is 0 Å². The molecule has 0 N–H and O–H groups in total. The number of halogens is 1. The highest BCUT2D eigenvalue weighted by atomic mass is 79.9. The molecule has 0 radical (unpaired) electrons. The van der Waals surface area contributed by atoms with Crippen LogP contribution < -0.4 is 0 Å². The minimum Gasteiger partial charge on any atom is -0.469 e. The highest BCUT2D eigenvalue weighted by Crippen LogP contribution is 2.61. The fourth-order valence-electron chi connectivity index (χ4n) is 4.30. The van der Waals surface area contributed by atoms with Crippen molar-refractivity contribution in [3.8, 4) is 0 Å². The maximum Gasteiger partial charge on any atom is 0.312 e. The van der Waals surface area contributed by atoms with Crippen LogP contribution in [0.1, 0.15) is 39.5 Å². The van der Waals surface area contributed by atoms with Gasteiger partial charge in [-0.25, -0.2) is 0 Å². The molecule has 4 nitrogen and oxygen atoms in total. The van der Waals surface area contributed by atoms with E-state index in [1.807, 2.05) is 0 Å². The predicted octanol–water partition coefficient (Wildman–Crippen LogP) is 3.48. The first kappa shape index (κ1) is 18.0. The molecular weight excluding hydrogens is 348 g/mol. The second kappa shape index (κ2) is 7.02. The van der Waals surface area contributed by atoms with Crippen molar-refractivity contribution in [2.75, 3.05) is 26.2 Å². The van der Waals surface area contributed by atoms with Gasteiger partial charge in [-0.2, -0.15) is 0 Å². The Balaban J connectivity index is 2.36. The largest absolute Gasteiger partial charge is 0.469 e. The van der Waals surface area contributed by atoms with Crippen molar-refractivity contribution in [3.05, 3.63) is 11.6 Å². The summed E-state index contributed by atoms with van der Waals surface area (Å²) in [4.78, 5) is 12.6. The molecule has 0 spiro atoms. The van der Waals surface area contributed by atoms with E-state index in [9.17, 15) is 4.79 Å². The first-order valence-corrected chi connectivity index (χ1v) is 9.02. The van der Waals surface area contributed by atoms with E-state index in [1.165, 1.54) is 12.7 Å². The summed E-state index contributed by atoms with van der Waals surface area (Å²) in [6.45, 7) is 4.72. The number of esters is 1. The second-order valence-corrected chi connectivity index (χ2v) is 7.35. The van der Waals surface area contributed by atoms with Crippen LogP contribution in [-0.4, -0.2) is 43.8 Å². The first-order chi connectivity index (χ1) is 10.5. The Hall–Kier alpha value is -0.390. The van der Waals surface area contributed by atoms with Crippen molar-refractivity contribution in [1.29, 1.82) is 0 Å². The number of hydrogen-bond acceptors (Lipinski definition) is 4. The molecule has 126 valence electrons. The number of carbonyl (C=O) groups is 1. The molecule has 0 aromatic carbocycles. The van der Waals surface area contributed by atoms with Gasteiger partial charge in [0.25, 0.3) is 0 Å². The maximum absolute atomic E-state index is 12.6. The van der Waals surface area contributed by atoms with Gasteiger partial charge in [-0.3, -0.25) is 4.79 Å². The minimum absolute atomic E-state index is 0.0691. The molecule has 2 fully saturated rings. The Morgan fingerprint density at radius 3 is 2.68 bits per heavy atom. The van der Waals surface area contributed by atoms with Crippen molar-refractivity contribution >= 4 is 21.9 Å². The molecule has 0 aromatic heterocycles. The lowest BCUT2D eigenvalue weighted by Gasteiger charge is -2.42. The lowest BCUT2D eigenvalue weighted by Crippen LogP contribution is -2.53. The van der Waals surface area contributed by atoms with E-state index in [1.54, 1.807) is 7.11 Å². The third-order valence-electron chi connectivity index (χ3n) is 5.19. The lowest BCUT2D eigenvalue weighted by atomic mass is 9.60. The molecule has 22 heavy (non-hydrogen) atoms. The monoisotopic (exact) mass is 374 g/mol. The zero-order chi connectivity index (χ0) is 16.4. The highest BCUT2D eigenvalue weighted by Gasteiger charge is 2.69. The number of methoxy groups -OCH3 is 2. The van der Waals surface area contributed by atoms with E-state index in [0.717, 1.165) is 25.7 Å². The van der Waals surface area contributed by atoms with Gasteiger partial charge >= 0.3 is 5.97 Å². The van der Waals surface area contributed by atoms with Crippen molar-refractivity contribution in [3.63, 3.8) is 0 Å². The number of hydrogen-bond donors (Lipinski definition) is 0. The quantitative estimate of drug-likeness (QED) is 0.388. The van der Waals surface area contributed by atoms with Crippen LogP contribution in [0.2, 0.25) is 0 Å². The summed E-state index contributed by atoms with van der Waals surface area (Å²) in [7, 11) is 3.16. The van der Waals surface area contributed by atoms with Gasteiger partial charge in [0.15, 0.2) is 0 Å². The zero-order valence-electron chi connectivity index (χ0n) is 14.0. The molecule has 2 saturated heterocycles. The molecule has 2 aliphatic rings. The fourth-order valence-corrected chi connectivity index (χ4v) is 5.03. The van der Waals surface area contributed by atoms with Gasteiger partial charge < -0.3 is 14.2 Å². The van der Waals surface area contributed by atoms with Crippen LogP contribution in [0.3, 0.4) is 0 Å². The molecule has 2 heterocycles. The third kappa shape index (κ3) is 2.87. The summed E-state index contributed by atoms with van der Waals surface area (Å²) in [6, 6.07) is 0. The summed E-state index contributed by atoms with van der Waals surface area (Å²) in [6.07, 6.45) is 5.98. The maximum atomic E-state index is 12.6. The first-order valence-electron chi connectivity index (χ1n) is 7.89. The normalized spacial score (nSPS) is 36.4. The molecule has 0 amide bonds. The Labute approximate surface area is 141 Å². The number of rotatable bonds is 7. The van der Waals surface area contributed by atoms with Crippen LogP contribution >= 0.6 is 15.9 Å². The summed E-state index contributed by atoms with van der Waals surface area (Å²) in [5.74, 6) is -0.440. The van der Waals surface area contributed by atoms with Gasteiger partial charge in [0.05, 0.1) is 31.3 Å². The Morgan fingerprint density at radius 1 is 1.41 bits per heavy atom. The van der Waals surface area contributed by atoms with Crippen molar-refractivity contribution in [2.45, 2.75) is 51.2 Å². The number of fused-ring (bicyclic) bond motifs is 2. The van der Waals surface area contributed by atoms with Crippen molar-refractivity contribution in [2.24, 2.45) is 11.3 Å².